The van der Waals surface area contributed by atoms with Crippen LogP contribution in [0.5, 0.6) is 5.75 Å². The van der Waals surface area contributed by atoms with Crippen molar-refractivity contribution in [2.45, 2.75) is 26.9 Å². The zero-order chi connectivity index (χ0) is 16.3. The van der Waals surface area contributed by atoms with Crippen molar-refractivity contribution in [1.29, 1.82) is 0 Å². The van der Waals surface area contributed by atoms with Gasteiger partial charge in [-0.3, -0.25) is 4.79 Å². The molecule has 2 aromatic rings. The number of hydrogen-bond donors (Lipinski definition) is 1. The average molecular weight is 366 g/mol. The van der Waals surface area contributed by atoms with E-state index in [0.717, 1.165) is 15.6 Å². The zero-order valence-corrected chi connectivity index (χ0v) is 14.2. The number of amides is 1. The number of carbonyl (C=O) groups is 1. The van der Waals surface area contributed by atoms with Crippen LogP contribution in [0, 0.1) is 19.7 Å². The Morgan fingerprint density at radius 2 is 1.86 bits per heavy atom. The average Bonchev–Trinajstić information content (AvgIpc) is 2.42. The van der Waals surface area contributed by atoms with Gasteiger partial charge in [0.25, 0.3) is 5.91 Å². The Morgan fingerprint density at radius 3 is 2.45 bits per heavy atom. The molecule has 0 radical (unpaired) electrons. The van der Waals surface area contributed by atoms with Crippen molar-refractivity contribution in [2.24, 2.45) is 0 Å². The van der Waals surface area contributed by atoms with Gasteiger partial charge in [-0.25, -0.2) is 4.39 Å². The third-order valence-electron chi connectivity index (χ3n) is 3.18. The molecule has 0 saturated carbocycles. The Morgan fingerprint density at radius 1 is 1.23 bits per heavy atom. The third kappa shape index (κ3) is 4.07. The molecule has 0 aliphatic heterocycles. The van der Waals surface area contributed by atoms with E-state index in [2.05, 4.69) is 21.2 Å². The molecule has 0 spiro atoms. The third-order valence-corrected chi connectivity index (χ3v) is 3.64. The maximum atomic E-state index is 13.1. The second-order valence-electron chi connectivity index (χ2n) is 5.13. The van der Waals surface area contributed by atoms with Gasteiger partial charge in [0, 0.05) is 10.2 Å². The van der Waals surface area contributed by atoms with Crippen LogP contribution < -0.4 is 10.1 Å². The molecule has 0 aliphatic rings. The van der Waals surface area contributed by atoms with Crippen LogP contribution in [0.1, 0.15) is 18.1 Å². The van der Waals surface area contributed by atoms with Crippen molar-refractivity contribution in [3.63, 3.8) is 0 Å². The molecule has 2 aromatic carbocycles. The molecule has 0 aromatic heterocycles. The van der Waals surface area contributed by atoms with Gasteiger partial charge < -0.3 is 10.1 Å². The zero-order valence-electron chi connectivity index (χ0n) is 12.6. The fraction of sp³-hybridized carbons (Fsp3) is 0.235. The summed E-state index contributed by atoms with van der Waals surface area (Å²) in [4.78, 5) is 12.1. The highest BCUT2D eigenvalue weighted by atomic mass is 79.9. The number of carbonyl (C=O) groups excluding carboxylic acids is 1. The fourth-order valence-electron chi connectivity index (χ4n) is 2.12. The largest absolute Gasteiger partial charge is 0.480 e. The number of hydrogen-bond acceptors (Lipinski definition) is 2. The van der Waals surface area contributed by atoms with Gasteiger partial charge in [0.05, 0.1) is 0 Å². The molecule has 0 bridgehead atoms. The van der Waals surface area contributed by atoms with E-state index in [1.165, 1.54) is 12.1 Å². The number of halogens is 2. The highest BCUT2D eigenvalue weighted by Crippen LogP contribution is 2.28. The predicted molar refractivity (Wildman–Crippen MR) is 88.7 cm³/mol. The van der Waals surface area contributed by atoms with Crippen molar-refractivity contribution in [2.75, 3.05) is 5.32 Å². The first kappa shape index (κ1) is 16.5. The lowest BCUT2D eigenvalue weighted by molar-refractivity contribution is -0.122. The smallest absolute Gasteiger partial charge is 0.265 e. The molecule has 0 fully saturated rings. The summed E-state index contributed by atoms with van der Waals surface area (Å²) in [6.45, 7) is 5.50. The van der Waals surface area contributed by atoms with Crippen molar-refractivity contribution in [1.82, 2.24) is 0 Å². The fourth-order valence-corrected chi connectivity index (χ4v) is 2.81. The summed E-state index contributed by atoms with van der Waals surface area (Å²) in [6.07, 6.45) is -0.693. The summed E-state index contributed by atoms with van der Waals surface area (Å²) < 4.78 is 19.9. The van der Waals surface area contributed by atoms with Gasteiger partial charge in [-0.1, -0.05) is 22.0 Å². The first-order valence-electron chi connectivity index (χ1n) is 6.86. The maximum absolute atomic E-state index is 13.1. The molecule has 1 unspecified atom stereocenters. The summed E-state index contributed by atoms with van der Waals surface area (Å²) in [5.74, 6) is -0.0385. The van der Waals surface area contributed by atoms with Crippen LogP contribution in [0.15, 0.2) is 40.9 Å². The normalized spacial score (nSPS) is 11.9. The molecule has 1 N–H and O–H groups in total. The van der Waals surface area contributed by atoms with Crippen LogP contribution in [0.4, 0.5) is 10.1 Å². The van der Waals surface area contributed by atoms with E-state index < -0.39 is 11.9 Å². The van der Waals surface area contributed by atoms with Gasteiger partial charge in [-0.2, -0.15) is 0 Å². The topological polar surface area (TPSA) is 38.3 Å². The minimum absolute atomic E-state index is 0.327. The second kappa shape index (κ2) is 6.92. The summed E-state index contributed by atoms with van der Waals surface area (Å²) in [5, 5.41) is 2.64. The molecule has 0 heterocycles. The molecule has 1 atom stereocenters. The van der Waals surface area contributed by atoms with Crippen molar-refractivity contribution in [3.8, 4) is 5.75 Å². The van der Waals surface area contributed by atoms with Crippen LogP contribution in [0.25, 0.3) is 0 Å². The van der Waals surface area contributed by atoms with Crippen LogP contribution in [0.3, 0.4) is 0 Å². The van der Waals surface area contributed by atoms with Gasteiger partial charge in [-0.05, 0) is 62.2 Å². The Kier molecular flexibility index (Phi) is 5.19. The number of anilines is 1. The molecule has 5 heteroatoms. The predicted octanol–water partition coefficient (Wildman–Crippen LogP) is 4.61. The van der Waals surface area contributed by atoms with E-state index in [1.807, 2.05) is 26.0 Å². The summed E-state index contributed by atoms with van der Waals surface area (Å²) in [5.41, 5.74) is 2.29. The van der Waals surface area contributed by atoms with E-state index >= 15 is 0 Å². The number of rotatable bonds is 4. The Balaban J connectivity index is 2.09. The van der Waals surface area contributed by atoms with Crippen LogP contribution >= 0.6 is 15.9 Å². The number of aryl methyl sites for hydroxylation is 2. The van der Waals surface area contributed by atoms with Gasteiger partial charge in [0.1, 0.15) is 11.6 Å². The summed E-state index contributed by atoms with van der Waals surface area (Å²) >= 11 is 3.42. The molecule has 1 amide bonds. The lowest BCUT2D eigenvalue weighted by atomic mass is 10.1. The van der Waals surface area contributed by atoms with Crippen molar-refractivity contribution < 1.29 is 13.9 Å². The van der Waals surface area contributed by atoms with Crippen molar-refractivity contribution in [3.05, 3.63) is 57.8 Å². The Hall–Kier alpha value is -1.88. The van der Waals surface area contributed by atoms with Gasteiger partial charge in [0.2, 0.25) is 0 Å². The molecule has 22 heavy (non-hydrogen) atoms. The van der Waals surface area contributed by atoms with Gasteiger partial charge in [-0.15, -0.1) is 0 Å². The van der Waals surface area contributed by atoms with Crippen LogP contribution in [-0.2, 0) is 4.79 Å². The minimum atomic E-state index is -0.693. The van der Waals surface area contributed by atoms with Gasteiger partial charge >= 0.3 is 0 Å². The monoisotopic (exact) mass is 365 g/mol. The summed E-state index contributed by atoms with van der Waals surface area (Å²) in [6, 6.07) is 9.62. The first-order valence-corrected chi connectivity index (χ1v) is 7.66. The molecular formula is C17H17BrFNO2. The number of benzene rings is 2. The molecule has 3 nitrogen and oxygen atoms in total. The second-order valence-corrected chi connectivity index (χ2v) is 6.04. The van der Waals surface area contributed by atoms with Gasteiger partial charge in [0.15, 0.2) is 6.10 Å². The molecular weight excluding hydrogens is 349 g/mol. The lowest BCUT2D eigenvalue weighted by Crippen LogP contribution is -2.30. The van der Waals surface area contributed by atoms with Crippen LogP contribution in [-0.4, -0.2) is 12.0 Å². The lowest BCUT2D eigenvalue weighted by Gasteiger charge is -2.18. The standard InChI is InChI=1S/C17H17BrFNO2/c1-10-7-13(18)8-11(2)16(10)22-12(3)17(21)20-15-6-4-5-14(19)9-15/h4-9,12H,1-3H3,(H,20,21). The van der Waals surface area contributed by atoms with E-state index in [0.29, 0.717) is 11.4 Å². The van der Waals surface area contributed by atoms with E-state index in [9.17, 15) is 9.18 Å². The highest BCUT2D eigenvalue weighted by molar-refractivity contribution is 9.10. The van der Waals surface area contributed by atoms with E-state index in [1.54, 1.807) is 19.1 Å². The Labute approximate surface area is 137 Å². The molecule has 0 aliphatic carbocycles. The highest BCUT2D eigenvalue weighted by Gasteiger charge is 2.17. The number of nitrogens with one attached hydrogen (secondary N) is 1. The molecule has 116 valence electrons. The quantitative estimate of drug-likeness (QED) is 0.858. The molecule has 2 rings (SSSR count). The minimum Gasteiger partial charge on any atom is -0.480 e. The van der Waals surface area contributed by atoms with Crippen LogP contribution in [0.2, 0.25) is 0 Å². The van der Waals surface area contributed by atoms with E-state index in [-0.39, 0.29) is 5.91 Å². The SMILES string of the molecule is Cc1cc(Br)cc(C)c1OC(C)C(=O)Nc1cccc(F)c1. The molecule has 0 saturated heterocycles. The van der Waals surface area contributed by atoms with Crippen molar-refractivity contribution >= 4 is 27.5 Å². The first-order chi connectivity index (χ1) is 10.4. The summed E-state index contributed by atoms with van der Waals surface area (Å²) in [7, 11) is 0. The number of ether oxygens (including phenoxy) is 1. The Bertz CT molecular complexity index is 680. The van der Waals surface area contributed by atoms with E-state index in [4.69, 9.17) is 4.74 Å². The maximum Gasteiger partial charge on any atom is 0.265 e.